The summed E-state index contributed by atoms with van der Waals surface area (Å²) in [6, 6.07) is 0. The van der Waals surface area contributed by atoms with Gasteiger partial charge in [0, 0.05) is 0 Å². The molecule has 0 radical (unpaired) electrons. The predicted molar refractivity (Wildman–Crippen MR) is 73.9 cm³/mol. The molecule has 0 spiro atoms. The van der Waals surface area contributed by atoms with E-state index in [4.69, 9.17) is 11.5 Å². The molecule has 0 aromatic carbocycles. The van der Waals surface area contributed by atoms with Gasteiger partial charge in [-0.15, -0.1) is 0 Å². The number of thiol groups is 3. The van der Waals surface area contributed by atoms with E-state index in [-0.39, 0.29) is 32.6 Å². The summed E-state index contributed by atoms with van der Waals surface area (Å²) in [5.74, 6) is 8.73. The van der Waals surface area contributed by atoms with Crippen LogP contribution in [-0.4, -0.2) is 47.6 Å². The molecule has 86 valence electrons. The zero-order valence-corrected chi connectivity index (χ0v) is 12.8. The average Bonchev–Trinajstić information content (AvgIpc) is 2.33. The summed E-state index contributed by atoms with van der Waals surface area (Å²) in [6.07, 6.45) is 0. The third kappa shape index (κ3) is 16.0. The monoisotopic (exact) mass is 343 g/mol. The standard InChI is InChI=1S/C6H12S3.C2H6N2.Ru/c1-2-8-5-6-9-4-3-7-1;3-1-2-4;/h1-6H2;3-4H,1-2H2;/q;-2;+2/p+3. The summed E-state index contributed by atoms with van der Waals surface area (Å²) in [7, 11) is 0. The number of rotatable bonds is 1. The quantitative estimate of drug-likeness (QED) is 0.379. The third-order valence-corrected chi connectivity index (χ3v) is 5.67. The largest absolute Gasteiger partial charge is 2.00 e. The summed E-state index contributed by atoms with van der Waals surface area (Å²) in [6.45, 7) is 0.472. The van der Waals surface area contributed by atoms with Crippen molar-refractivity contribution in [3.8, 4) is 0 Å². The van der Waals surface area contributed by atoms with Gasteiger partial charge in [0.15, 0.2) is 0 Å². The smallest absolute Gasteiger partial charge is 0.679 e. The van der Waals surface area contributed by atoms with Crippen LogP contribution in [0.1, 0.15) is 0 Å². The number of hydrogen-bond acceptors (Lipinski definition) is 0. The fraction of sp³-hybridized carbons (Fsp3) is 1.00. The third-order valence-electron chi connectivity index (χ3n) is 1.37. The molecular weight excluding hydrogens is 321 g/mol. The molecule has 1 aliphatic rings. The second-order valence-electron chi connectivity index (χ2n) is 2.51. The zero-order chi connectivity index (χ0) is 9.78. The van der Waals surface area contributed by atoms with Crippen molar-refractivity contribution in [2.45, 2.75) is 0 Å². The van der Waals surface area contributed by atoms with Crippen LogP contribution in [0.2, 0.25) is 0 Å². The van der Waals surface area contributed by atoms with E-state index in [0.717, 1.165) is 0 Å². The molecule has 1 aliphatic heterocycles. The Morgan fingerprint density at radius 3 is 1.00 bits per heavy atom. The molecule has 1 fully saturated rings. The molecule has 1 heterocycles. The van der Waals surface area contributed by atoms with Crippen LogP contribution >= 0.6 is 0 Å². The second-order valence-corrected chi connectivity index (χ2v) is 6.54. The molecule has 0 unspecified atom stereocenters. The van der Waals surface area contributed by atoms with Crippen molar-refractivity contribution in [2.24, 2.45) is 0 Å². The van der Waals surface area contributed by atoms with Crippen molar-refractivity contribution in [3.05, 3.63) is 11.5 Å². The molecule has 0 aliphatic carbocycles. The number of nitrogens with one attached hydrogen (secondary N) is 2. The van der Waals surface area contributed by atoms with Gasteiger partial charge in [0.2, 0.25) is 0 Å². The first kappa shape index (κ1) is 18.0. The fourth-order valence-corrected chi connectivity index (χ4v) is 4.82. The molecule has 0 aromatic heterocycles. The first-order chi connectivity index (χ1) is 6.41. The van der Waals surface area contributed by atoms with Crippen molar-refractivity contribution in [1.82, 2.24) is 0 Å². The van der Waals surface area contributed by atoms with Gasteiger partial charge < -0.3 is 11.5 Å². The minimum absolute atomic E-state index is 0. The summed E-state index contributed by atoms with van der Waals surface area (Å²) in [5, 5.41) is 0. The molecule has 0 saturated carbocycles. The van der Waals surface area contributed by atoms with Crippen LogP contribution < -0.4 is 0 Å². The first-order valence-electron chi connectivity index (χ1n) is 4.60. The Kier molecular flexibility index (Phi) is 21.8. The van der Waals surface area contributed by atoms with Gasteiger partial charge >= 0.3 is 19.5 Å². The van der Waals surface area contributed by atoms with E-state index in [1.54, 1.807) is 35.3 Å². The maximum absolute atomic E-state index is 6.26. The summed E-state index contributed by atoms with van der Waals surface area (Å²) < 4.78 is 0. The van der Waals surface area contributed by atoms with Gasteiger partial charge in [-0.2, -0.15) is 13.1 Å². The Morgan fingerprint density at radius 2 is 0.857 bits per heavy atom. The van der Waals surface area contributed by atoms with Gasteiger partial charge in [-0.3, -0.25) is 0 Å². The van der Waals surface area contributed by atoms with E-state index in [2.05, 4.69) is 0 Å². The Bertz CT molecular complexity index is 68.1. The molecule has 0 amide bonds. The average molecular weight is 343 g/mol. The van der Waals surface area contributed by atoms with Crippen molar-refractivity contribution in [1.29, 1.82) is 0 Å². The van der Waals surface area contributed by atoms with Gasteiger partial charge in [-0.25, -0.2) is 0 Å². The zero-order valence-electron chi connectivity index (χ0n) is 8.35. The van der Waals surface area contributed by atoms with E-state index >= 15 is 0 Å². The maximum Gasteiger partial charge on any atom is 2.00 e. The summed E-state index contributed by atoms with van der Waals surface area (Å²) >= 11 is 5.10. The predicted octanol–water partition coefficient (Wildman–Crippen LogP) is 0.533. The van der Waals surface area contributed by atoms with Gasteiger partial charge in [0.1, 0.15) is 34.5 Å². The molecule has 1 rings (SSSR count). The molecule has 0 aromatic rings. The van der Waals surface area contributed by atoms with Crippen molar-refractivity contribution in [2.75, 3.05) is 47.6 Å². The normalized spacial score (nSPS) is 17.6. The summed E-state index contributed by atoms with van der Waals surface area (Å²) in [5.41, 5.74) is 12.5. The SMILES string of the molecule is C1C[SH+]CC[SH+]CC[SH+]1.[NH-]CC[NH-].[Ru+2]. The molecule has 0 bridgehead atoms. The number of hydrogen-bond donors (Lipinski definition) is 0. The van der Waals surface area contributed by atoms with Crippen molar-refractivity contribution in [3.63, 3.8) is 0 Å². The minimum Gasteiger partial charge on any atom is -0.679 e. The Hall–Kier alpha value is 1.59. The first-order valence-corrected chi connectivity index (χ1v) is 8.40. The maximum atomic E-state index is 6.26. The molecule has 6 heteroatoms. The molecular formula is C8H21N2RuS3+3. The van der Waals surface area contributed by atoms with Crippen LogP contribution in [0.4, 0.5) is 0 Å². The van der Waals surface area contributed by atoms with Crippen LogP contribution in [-0.2, 0) is 54.8 Å². The van der Waals surface area contributed by atoms with Gasteiger partial charge in [-0.1, -0.05) is 0 Å². The summed E-state index contributed by atoms with van der Waals surface area (Å²) in [4.78, 5) is 0. The van der Waals surface area contributed by atoms with Crippen LogP contribution in [0.3, 0.4) is 0 Å². The van der Waals surface area contributed by atoms with E-state index in [0.29, 0.717) is 0 Å². The molecule has 0 atom stereocenters. The van der Waals surface area contributed by atoms with Gasteiger partial charge in [0.05, 0.1) is 0 Å². The van der Waals surface area contributed by atoms with Crippen molar-refractivity contribution >= 4 is 35.3 Å². The van der Waals surface area contributed by atoms with Gasteiger partial charge in [0.25, 0.3) is 0 Å². The Labute approximate surface area is 113 Å². The Morgan fingerprint density at radius 1 is 0.643 bits per heavy atom. The minimum atomic E-state index is 0. The molecule has 1 saturated heterocycles. The molecule has 2 N–H and O–H groups in total. The fourth-order valence-electron chi connectivity index (χ4n) is 0.760. The topological polar surface area (TPSA) is 47.6 Å². The van der Waals surface area contributed by atoms with Crippen LogP contribution in [0.15, 0.2) is 0 Å². The van der Waals surface area contributed by atoms with Crippen LogP contribution in [0.5, 0.6) is 0 Å². The van der Waals surface area contributed by atoms with E-state index < -0.39 is 0 Å². The van der Waals surface area contributed by atoms with E-state index in [1.165, 1.54) is 34.5 Å². The Balaban J connectivity index is 0. The second kappa shape index (κ2) is 17.0. The van der Waals surface area contributed by atoms with Crippen LogP contribution in [0, 0.1) is 0 Å². The van der Waals surface area contributed by atoms with E-state index in [9.17, 15) is 0 Å². The molecule has 2 nitrogen and oxygen atoms in total. The molecule has 14 heavy (non-hydrogen) atoms. The van der Waals surface area contributed by atoms with E-state index in [1.807, 2.05) is 0 Å². The van der Waals surface area contributed by atoms with Crippen molar-refractivity contribution < 1.29 is 19.5 Å². The van der Waals surface area contributed by atoms with Gasteiger partial charge in [-0.05, 0) is 35.3 Å². The van der Waals surface area contributed by atoms with Crippen LogP contribution in [0.25, 0.3) is 11.5 Å².